The van der Waals surface area contributed by atoms with E-state index in [1.165, 1.54) is 0 Å². The fourth-order valence-electron chi connectivity index (χ4n) is 2.40. The molecule has 2 heterocycles. The monoisotopic (exact) mass is 263 g/mol. The molecule has 1 fully saturated rings. The van der Waals surface area contributed by atoms with Crippen molar-refractivity contribution in [2.75, 3.05) is 30.4 Å². The Morgan fingerprint density at radius 2 is 2.37 bits per heavy atom. The molecule has 0 saturated carbocycles. The lowest BCUT2D eigenvalue weighted by atomic mass is 10.0. The molecular weight excluding hydrogens is 242 g/mol. The first-order chi connectivity index (χ1) is 9.26. The van der Waals surface area contributed by atoms with Crippen LogP contribution in [0.5, 0.6) is 0 Å². The average Bonchev–Trinajstić information content (AvgIpc) is 2.47. The highest BCUT2D eigenvalue weighted by Gasteiger charge is 2.29. The summed E-state index contributed by atoms with van der Waals surface area (Å²) in [7, 11) is 1.68. The second-order valence-corrected chi connectivity index (χ2v) is 4.59. The second kappa shape index (κ2) is 6.36. The Labute approximate surface area is 113 Å². The summed E-state index contributed by atoms with van der Waals surface area (Å²) in [4.78, 5) is 22.7. The lowest BCUT2D eigenvalue weighted by Crippen LogP contribution is -2.49. The van der Waals surface area contributed by atoms with Crippen molar-refractivity contribution in [1.29, 1.82) is 0 Å². The topological polar surface area (TPSA) is 70.2 Å². The maximum atomic E-state index is 11.9. The number of nitrogens with zero attached hydrogens (tertiary/aromatic N) is 3. The summed E-state index contributed by atoms with van der Waals surface area (Å²) in [5.41, 5.74) is 0. The molecule has 2 N–H and O–H groups in total. The third-order valence-electron chi connectivity index (χ3n) is 3.32. The van der Waals surface area contributed by atoms with Crippen LogP contribution in [0, 0.1) is 0 Å². The number of carbonyl (C=O) groups excluding carboxylic acids is 1. The van der Waals surface area contributed by atoms with Crippen LogP contribution in [0.1, 0.15) is 26.2 Å². The van der Waals surface area contributed by atoms with Gasteiger partial charge in [0.1, 0.15) is 11.9 Å². The minimum absolute atomic E-state index is 0.0586. The van der Waals surface area contributed by atoms with Crippen LogP contribution < -0.4 is 15.5 Å². The number of nitrogens with one attached hydrogen (secondary N) is 2. The van der Waals surface area contributed by atoms with E-state index in [0.29, 0.717) is 5.95 Å². The second-order valence-electron chi connectivity index (χ2n) is 4.59. The number of amides is 1. The van der Waals surface area contributed by atoms with Crippen molar-refractivity contribution in [2.24, 2.45) is 0 Å². The first-order valence-corrected chi connectivity index (χ1v) is 6.81. The molecule has 19 heavy (non-hydrogen) atoms. The molecule has 0 radical (unpaired) electrons. The van der Waals surface area contributed by atoms with Crippen molar-refractivity contribution < 1.29 is 4.79 Å². The first-order valence-electron chi connectivity index (χ1n) is 6.81. The van der Waals surface area contributed by atoms with E-state index in [1.54, 1.807) is 13.2 Å². The number of carbonyl (C=O) groups is 1. The maximum Gasteiger partial charge on any atom is 0.242 e. The molecule has 1 aromatic rings. The van der Waals surface area contributed by atoms with Gasteiger partial charge in [-0.2, -0.15) is 4.98 Å². The Bertz CT molecular complexity index is 437. The summed E-state index contributed by atoms with van der Waals surface area (Å²) in [5, 5.41) is 5.83. The van der Waals surface area contributed by atoms with Crippen LogP contribution >= 0.6 is 0 Å². The van der Waals surface area contributed by atoms with E-state index in [0.717, 1.165) is 38.2 Å². The van der Waals surface area contributed by atoms with Crippen LogP contribution in [0.4, 0.5) is 11.8 Å². The molecule has 1 atom stereocenters. The standard InChI is InChI=1S/C13H21N5O/c1-3-15-13-16-8-7-11(17-13)18-9-5-4-6-10(18)12(19)14-2/h7-8,10H,3-6,9H2,1-2H3,(H,14,19)(H,15,16,17). The predicted octanol–water partition coefficient (Wildman–Crippen LogP) is 1.01. The van der Waals surface area contributed by atoms with Crippen LogP contribution in [-0.2, 0) is 4.79 Å². The van der Waals surface area contributed by atoms with Gasteiger partial charge in [-0.3, -0.25) is 4.79 Å². The van der Waals surface area contributed by atoms with Crippen LogP contribution in [0.15, 0.2) is 12.3 Å². The Balaban J connectivity index is 2.21. The van der Waals surface area contributed by atoms with E-state index in [9.17, 15) is 4.79 Å². The van der Waals surface area contributed by atoms with E-state index in [2.05, 4.69) is 25.5 Å². The van der Waals surface area contributed by atoms with E-state index in [-0.39, 0.29) is 11.9 Å². The summed E-state index contributed by atoms with van der Waals surface area (Å²) in [6, 6.07) is 1.74. The zero-order chi connectivity index (χ0) is 13.7. The van der Waals surface area contributed by atoms with Crippen LogP contribution in [-0.4, -0.2) is 42.1 Å². The largest absolute Gasteiger partial charge is 0.357 e. The quantitative estimate of drug-likeness (QED) is 0.848. The molecule has 0 aliphatic carbocycles. The number of anilines is 2. The van der Waals surface area contributed by atoms with Gasteiger partial charge in [0.15, 0.2) is 0 Å². The highest BCUT2D eigenvalue weighted by atomic mass is 16.2. The van der Waals surface area contributed by atoms with Crippen molar-refractivity contribution in [3.05, 3.63) is 12.3 Å². The van der Waals surface area contributed by atoms with Gasteiger partial charge >= 0.3 is 0 Å². The molecule has 2 rings (SSSR count). The third kappa shape index (κ3) is 3.13. The summed E-state index contributed by atoms with van der Waals surface area (Å²) >= 11 is 0. The summed E-state index contributed by atoms with van der Waals surface area (Å²) in [6.07, 6.45) is 4.78. The third-order valence-corrected chi connectivity index (χ3v) is 3.32. The Hall–Kier alpha value is -1.85. The van der Waals surface area contributed by atoms with Gasteiger partial charge in [-0.1, -0.05) is 0 Å². The SMILES string of the molecule is CCNc1nccc(N2CCCCC2C(=O)NC)n1. The van der Waals surface area contributed by atoms with Crippen molar-refractivity contribution in [3.8, 4) is 0 Å². The molecule has 1 amide bonds. The molecule has 0 spiro atoms. The van der Waals surface area contributed by atoms with Crippen molar-refractivity contribution in [3.63, 3.8) is 0 Å². The fourth-order valence-corrected chi connectivity index (χ4v) is 2.40. The number of likely N-dealkylation sites (N-methyl/N-ethyl adjacent to an activating group) is 1. The van der Waals surface area contributed by atoms with Gasteiger partial charge in [-0.05, 0) is 32.3 Å². The zero-order valence-electron chi connectivity index (χ0n) is 11.5. The van der Waals surface area contributed by atoms with Gasteiger partial charge in [-0.15, -0.1) is 0 Å². The summed E-state index contributed by atoms with van der Waals surface area (Å²) in [5.74, 6) is 1.49. The Morgan fingerprint density at radius 1 is 1.53 bits per heavy atom. The van der Waals surface area contributed by atoms with Crippen LogP contribution in [0.3, 0.4) is 0 Å². The van der Waals surface area contributed by atoms with Gasteiger partial charge in [-0.25, -0.2) is 4.98 Å². The number of aromatic nitrogens is 2. The molecule has 1 aromatic heterocycles. The van der Waals surface area contributed by atoms with Gasteiger partial charge < -0.3 is 15.5 Å². The number of hydrogen-bond donors (Lipinski definition) is 2. The zero-order valence-corrected chi connectivity index (χ0v) is 11.5. The molecular formula is C13H21N5O. The summed E-state index contributed by atoms with van der Waals surface area (Å²) in [6.45, 7) is 3.65. The smallest absolute Gasteiger partial charge is 0.242 e. The molecule has 1 aliphatic heterocycles. The molecule has 1 unspecified atom stereocenters. The molecule has 0 aromatic carbocycles. The molecule has 0 bridgehead atoms. The maximum absolute atomic E-state index is 11.9. The van der Waals surface area contributed by atoms with E-state index >= 15 is 0 Å². The first kappa shape index (κ1) is 13.6. The van der Waals surface area contributed by atoms with Crippen molar-refractivity contribution in [1.82, 2.24) is 15.3 Å². The van der Waals surface area contributed by atoms with Gasteiger partial charge in [0.25, 0.3) is 0 Å². The number of piperidine rings is 1. The molecule has 6 heteroatoms. The van der Waals surface area contributed by atoms with E-state index in [4.69, 9.17) is 0 Å². The molecule has 1 saturated heterocycles. The normalized spacial score (nSPS) is 19.1. The Kier molecular flexibility index (Phi) is 4.54. The lowest BCUT2D eigenvalue weighted by molar-refractivity contribution is -0.122. The van der Waals surface area contributed by atoms with E-state index in [1.807, 2.05) is 13.0 Å². The molecule has 6 nitrogen and oxygen atoms in total. The molecule has 1 aliphatic rings. The van der Waals surface area contributed by atoms with Gasteiger partial charge in [0, 0.05) is 26.3 Å². The summed E-state index contributed by atoms with van der Waals surface area (Å²) < 4.78 is 0. The lowest BCUT2D eigenvalue weighted by Gasteiger charge is -2.35. The number of hydrogen-bond acceptors (Lipinski definition) is 5. The molecule has 104 valence electrons. The van der Waals surface area contributed by atoms with Gasteiger partial charge in [0.2, 0.25) is 11.9 Å². The Morgan fingerprint density at radius 3 is 3.11 bits per heavy atom. The van der Waals surface area contributed by atoms with Crippen LogP contribution in [0.25, 0.3) is 0 Å². The predicted molar refractivity (Wildman–Crippen MR) is 75.2 cm³/mol. The van der Waals surface area contributed by atoms with E-state index < -0.39 is 0 Å². The minimum atomic E-state index is -0.122. The highest BCUT2D eigenvalue weighted by Crippen LogP contribution is 2.23. The fraction of sp³-hybridized carbons (Fsp3) is 0.615. The minimum Gasteiger partial charge on any atom is -0.357 e. The average molecular weight is 263 g/mol. The van der Waals surface area contributed by atoms with Crippen molar-refractivity contribution in [2.45, 2.75) is 32.2 Å². The van der Waals surface area contributed by atoms with Crippen molar-refractivity contribution >= 4 is 17.7 Å². The highest BCUT2D eigenvalue weighted by molar-refractivity contribution is 5.84. The number of rotatable bonds is 4. The van der Waals surface area contributed by atoms with Gasteiger partial charge in [0.05, 0.1) is 0 Å². The van der Waals surface area contributed by atoms with Crippen LogP contribution in [0.2, 0.25) is 0 Å².